The molecule has 0 aliphatic rings. The summed E-state index contributed by atoms with van der Waals surface area (Å²) in [6.45, 7) is 0. The summed E-state index contributed by atoms with van der Waals surface area (Å²) < 4.78 is 39.8. The Morgan fingerprint density at radius 1 is 1.31 bits per heavy atom. The molecule has 0 aliphatic carbocycles. The van der Waals surface area contributed by atoms with Gasteiger partial charge in [0, 0.05) is 22.7 Å². The van der Waals surface area contributed by atoms with Gasteiger partial charge in [-0.05, 0) is 18.2 Å². The average Bonchev–Trinajstić information content (AvgIpc) is 3.03. The summed E-state index contributed by atoms with van der Waals surface area (Å²) >= 11 is 0.571. The molecule has 1 unspecified atom stereocenters. The van der Waals surface area contributed by atoms with Crippen molar-refractivity contribution in [2.75, 3.05) is 0 Å². The fourth-order valence-electron chi connectivity index (χ4n) is 2.80. The lowest BCUT2D eigenvalue weighted by Gasteiger charge is -2.18. The second-order valence-electron chi connectivity index (χ2n) is 6.15. The Morgan fingerprint density at radius 2 is 1.97 bits per heavy atom. The fraction of sp³-hybridized carbons (Fsp3) is 0.176. The highest BCUT2D eigenvalue weighted by Gasteiger charge is 2.41. The molecule has 3 rings (SSSR count). The Hall–Kier alpha value is -3.25. The quantitative estimate of drug-likeness (QED) is 0.427. The topological polar surface area (TPSA) is 136 Å². The first kappa shape index (κ1) is 20.5. The molecular weight excluding hydrogens is 415 g/mol. The van der Waals surface area contributed by atoms with E-state index in [9.17, 15) is 37.8 Å². The van der Waals surface area contributed by atoms with E-state index in [1.165, 1.54) is 25.2 Å². The Kier molecular flexibility index (Phi) is 4.71. The molecule has 0 fully saturated rings. The van der Waals surface area contributed by atoms with E-state index in [0.717, 1.165) is 10.7 Å². The van der Waals surface area contributed by atoms with Crippen LogP contribution in [0.15, 0.2) is 29.1 Å². The smallest absolute Gasteiger partial charge is 0.435 e. The molecule has 0 bridgehead atoms. The fourth-order valence-corrected chi connectivity index (χ4v) is 3.83. The van der Waals surface area contributed by atoms with Crippen molar-refractivity contribution in [3.05, 3.63) is 45.7 Å². The summed E-state index contributed by atoms with van der Waals surface area (Å²) in [5, 5.41) is 22.0. The molecule has 0 aliphatic heterocycles. The number of benzene rings is 1. The lowest BCUT2D eigenvalue weighted by molar-refractivity contribution is -0.146. The van der Waals surface area contributed by atoms with Crippen LogP contribution in [0.5, 0.6) is 5.06 Å². The van der Waals surface area contributed by atoms with Gasteiger partial charge in [-0.2, -0.15) is 18.3 Å². The van der Waals surface area contributed by atoms with Gasteiger partial charge in [0.25, 0.3) is 0 Å². The number of rotatable bonds is 4. The van der Waals surface area contributed by atoms with E-state index in [1.807, 2.05) is 0 Å². The number of aliphatic carboxylic acids is 1. The Bertz CT molecular complexity index is 1220. The molecule has 152 valence electrons. The van der Waals surface area contributed by atoms with Crippen molar-refractivity contribution in [1.29, 1.82) is 0 Å². The van der Waals surface area contributed by atoms with Crippen LogP contribution in [-0.4, -0.2) is 32.2 Å². The van der Waals surface area contributed by atoms with Crippen LogP contribution in [-0.2, 0) is 28.4 Å². The highest BCUT2D eigenvalue weighted by atomic mass is 32.1. The van der Waals surface area contributed by atoms with Gasteiger partial charge in [-0.15, -0.1) is 0 Å². The van der Waals surface area contributed by atoms with Crippen LogP contribution in [0, 0.1) is 0 Å². The molecule has 3 aromatic rings. The molecule has 0 amide bonds. The van der Waals surface area contributed by atoms with Gasteiger partial charge in [-0.1, -0.05) is 17.4 Å². The highest BCUT2D eigenvalue weighted by Crippen LogP contribution is 2.36. The van der Waals surface area contributed by atoms with Gasteiger partial charge in [-0.25, -0.2) is 4.79 Å². The largest absolute Gasteiger partial charge is 0.499 e. The number of carboxylic acids is 1. The van der Waals surface area contributed by atoms with Crippen molar-refractivity contribution in [2.45, 2.75) is 11.7 Å². The van der Waals surface area contributed by atoms with Gasteiger partial charge in [-0.3, -0.25) is 9.48 Å². The van der Waals surface area contributed by atoms with Gasteiger partial charge in [0.15, 0.2) is 22.5 Å². The minimum Gasteiger partial charge on any atom is -0.499 e. The van der Waals surface area contributed by atoms with Crippen molar-refractivity contribution < 1.29 is 33.0 Å². The molecule has 2 aromatic heterocycles. The summed E-state index contributed by atoms with van der Waals surface area (Å²) in [6.07, 6.45) is -4.80. The first-order valence-electron chi connectivity index (χ1n) is 7.80. The van der Waals surface area contributed by atoms with Gasteiger partial charge >= 0.3 is 12.1 Å². The van der Waals surface area contributed by atoms with Gasteiger partial charge < -0.3 is 20.7 Å². The van der Waals surface area contributed by atoms with E-state index in [-0.39, 0.29) is 27.6 Å². The normalized spacial score (nSPS) is 14.0. The summed E-state index contributed by atoms with van der Waals surface area (Å²) in [5.74, 6) is -1.82. The minimum atomic E-state index is -4.64. The number of carbonyl (C=O) groups excluding carboxylic acids is 1. The second-order valence-corrected chi connectivity index (χ2v) is 7.18. The Morgan fingerprint density at radius 3 is 2.48 bits per heavy atom. The maximum absolute atomic E-state index is 12.9. The van der Waals surface area contributed by atoms with E-state index in [2.05, 4.69) is 5.10 Å². The summed E-state index contributed by atoms with van der Waals surface area (Å²) in [5.41, 5.74) is 0.285. The lowest BCUT2D eigenvalue weighted by atomic mass is 9.93. The van der Waals surface area contributed by atoms with E-state index in [1.54, 1.807) is 0 Å². The molecule has 4 N–H and O–H groups in total. The van der Waals surface area contributed by atoms with E-state index >= 15 is 0 Å². The van der Waals surface area contributed by atoms with Gasteiger partial charge in [0.05, 0.1) is 11.3 Å². The molecule has 1 aromatic carbocycles. The number of carbonyl (C=O) groups is 2. The van der Waals surface area contributed by atoms with E-state index in [4.69, 9.17) is 5.73 Å². The number of aldehydes is 1. The van der Waals surface area contributed by atoms with E-state index in [0.29, 0.717) is 11.3 Å². The number of aromatic nitrogens is 2. The summed E-state index contributed by atoms with van der Waals surface area (Å²) in [4.78, 5) is 35.3. The molecule has 1 atom stereocenters. The number of aromatic hydroxyl groups is 1. The van der Waals surface area contributed by atoms with Crippen molar-refractivity contribution in [3.8, 4) is 16.3 Å². The molecule has 2 heterocycles. The average molecular weight is 427 g/mol. The predicted octanol–water partition coefficient (Wildman–Crippen LogP) is 1.82. The summed E-state index contributed by atoms with van der Waals surface area (Å²) in [7, 11) is 1.32. The van der Waals surface area contributed by atoms with Crippen LogP contribution in [0.25, 0.3) is 21.3 Å². The number of hydrogen-bond donors (Lipinski definition) is 3. The number of alkyl halides is 3. The van der Waals surface area contributed by atoms with Crippen molar-refractivity contribution >= 4 is 33.7 Å². The number of carboxylic acid groups (broad SMARTS) is 1. The number of hydrogen-bond acceptors (Lipinski definition) is 7. The molecule has 8 nitrogen and oxygen atoms in total. The molecule has 0 spiro atoms. The second kappa shape index (κ2) is 6.67. The molecule has 12 heteroatoms. The number of aryl methyl sites for hydroxylation is 1. The van der Waals surface area contributed by atoms with Crippen molar-refractivity contribution in [1.82, 2.24) is 9.78 Å². The first-order chi connectivity index (χ1) is 13.4. The van der Waals surface area contributed by atoms with Gasteiger partial charge in [0.2, 0.25) is 5.54 Å². The van der Waals surface area contributed by atoms with Crippen LogP contribution in [0.4, 0.5) is 13.2 Å². The number of fused-ring (bicyclic) bond motifs is 1. The molecular formula is C17H12F3N3O5S. The van der Waals surface area contributed by atoms with Crippen LogP contribution in [0.2, 0.25) is 0 Å². The molecule has 0 saturated carbocycles. The standard InChI is InChI=1S/C17H12F3N3O5S/c1-23-9(5-11(22-23)17(18,19)20)7-2-3-8-10(4-7)29-14(26)12(13(8)25)16(21,6-24)15(27)28/h2-6,26H,21H2,1H3,(H,27,28). The Balaban J connectivity index is 2.23. The maximum atomic E-state index is 12.9. The minimum absolute atomic E-state index is 0.0531. The predicted molar refractivity (Wildman–Crippen MR) is 96.5 cm³/mol. The van der Waals surface area contributed by atoms with Crippen LogP contribution >= 0.6 is 11.3 Å². The SMILES string of the molecule is Cn1nc(C(F)(F)F)cc1-c1ccc2c(=O)c(C(N)(C=O)C(=O)O)c(O)sc2c1. The third-order valence-corrected chi connectivity index (χ3v) is 5.25. The third-order valence-electron chi connectivity index (χ3n) is 4.29. The summed E-state index contributed by atoms with van der Waals surface area (Å²) in [6, 6.07) is 4.77. The monoisotopic (exact) mass is 427 g/mol. The van der Waals surface area contributed by atoms with Crippen LogP contribution < -0.4 is 11.2 Å². The molecule has 0 radical (unpaired) electrons. The first-order valence-corrected chi connectivity index (χ1v) is 8.62. The maximum Gasteiger partial charge on any atom is 0.435 e. The van der Waals surface area contributed by atoms with Crippen LogP contribution in [0.3, 0.4) is 0 Å². The van der Waals surface area contributed by atoms with E-state index < -0.39 is 39.4 Å². The zero-order chi connectivity index (χ0) is 21.7. The lowest BCUT2D eigenvalue weighted by Crippen LogP contribution is -2.49. The zero-order valence-corrected chi connectivity index (χ0v) is 15.3. The highest BCUT2D eigenvalue weighted by molar-refractivity contribution is 7.20. The Labute approximate surface area is 163 Å². The number of nitrogens with zero attached hydrogens (tertiary/aromatic N) is 2. The van der Waals surface area contributed by atoms with Crippen molar-refractivity contribution in [2.24, 2.45) is 12.8 Å². The number of halogens is 3. The van der Waals surface area contributed by atoms with Crippen LogP contribution in [0.1, 0.15) is 11.3 Å². The number of nitrogens with two attached hydrogens (primary N) is 1. The third kappa shape index (κ3) is 3.25. The zero-order valence-electron chi connectivity index (χ0n) is 14.5. The molecule has 0 saturated heterocycles. The van der Waals surface area contributed by atoms with Crippen molar-refractivity contribution in [3.63, 3.8) is 0 Å². The van der Waals surface area contributed by atoms with Gasteiger partial charge in [0.1, 0.15) is 0 Å². The molecule has 29 heavy (non-hydrogen) atoms.